The molecule has 0 radical (unpaired) electrons. The third-order valence-electron chi connectivity index (χ3n) is 4.76. The summed E-state index contributed by atoms with van der Waals surface area (Å²) in [6.07, 6.45) is 2.27. The highest BCUT2D eigenvalue weighted by Gasteiger charge is 2.22. The van der Waals surface area contributed by atoms with Crippen LogP contribution in [0.3, 0.4) is 0 Å². The van der Waals surface area contributed by atoms with Gasteiger partial charge < -0.3 is 14.8 Å². The molecule has 0 aliphatic carbocycles. The number of amides is 2. The quantitative estimate of drug-likeness (QED) is 0.517. The van der Waals surface area contributed by atoms with Gasteiger partial charge in [0.2, 0.25) is 5.91 Å². The Labute approximate surface area is 196 Å². The number of pyridine rings is 1. The van der Waals surface area contributed by atoms with E-state index in [1.807, 2.05) is 37.3 Å². The van der Waals surface area contributed by atoms with Crippen LogP contribution in [-0.4, -0.2) is 34.4 Å². The molecule has 8 heteroatoms. The van der Waals surface area contributed by atoms with Crippen LogP contribution in [0.25, 0.3) is 0 Å². The molecule has 0 saturated carbocycles. The number of rotatable bonds is 8. The third kappa shape index (κ3) is 5.99. The lowest BCUT2D eigenvalue weighted by molar-refractivity contribution is -0.116. The van der Waals surface area contributed by atoms with Crippen LogP contribution in [0.15, 0.2) is 71.7 Å². The molecule has 0 aliphatic heterocycles. The number of nitrogens with one attached hydrogen (secondary N) is 1. The molecule has 0 aliphatic rings. The molecule has 2 amide bonds. The van der Waals surface area contributed by atoms with Crippen molar-refractivity contribution in [3.63, 3.8) is 0 Å². The summed E-state index contributed by atoms with van der Waals surface area (Å²) in [5, 5.41) is 3.43. The standard InChI is InChI=1S/C24H23Cl2N3O3/c1-2-12-28(16-22(30)27-21-14-18(25)10-11-20(21)26)23(31)19-9-6-13-29(24(19)32)15-17-7-4-3-5-8-17/h3-11,13-14H,2,12,15-16H2,1H3,(H,27,30). The summed E-state index contributed by atoms with van der Waals surface area (Å²) in [7, 11) is 0. The zero-order chi connectivity index (χ0) is 23.1. The molecule has 0 atom stereocenters. The van der Waals surface area contributed by atoms with E-state index in [2.05, 4.69) is 5.32 Å². The summed E-state index contributed by atoms with van der Waals surface area (Å²) in [4.78, 5) is 40.1. The monoisotopic (exact) mass is 471 g/mol. The van der Waals surface area contributed by atoms with Gasteiger partial charge in [-0.15, -0.1) is 0 Å². The summed E-state index contributed by atoms with van der Waals surface area (Å²) >= 11 is 12.1. The fraction of sp³-hybridized carbons (Fsp3) is 0.208. The lowest BCUT2D eigenvalue weighted by atomic mass is 10.2. The van der Waals surface area contributed by atoms with Gasteiger partial charge in [-0.05, 0) is 42.3 Å². The van der Waals surface area contributed by atoms with Crippen molar-refractivity contribution in [2.45, 2.75) is 19.9 Å². The van der Waals surface area contributed by atoms with Crippen LogP contribution in [0.2, 0.25) is 10.0 Å². The number of carbonyl (C=O) groups excluding carboxylic acids is 2. The van der Waals surface area contributed by atoms with Crippen molar-refractivity contribution in [2.75, 3.05) is 18.4 Å². The van der Waals surface area contributed by atoms with Gasteiger partial charge in [0.05, 0.1) is 17.3 Å². The average molecular weight is 472 g/mol. The molecule has 1 aromatic heterocycles. The van der Waals surface area contributed by atoms with Crippen molar-refractivity contribution in [1.29, 1.82) is 0 Å². The number of carbonyl (C=O) groups is 2. The van der Waals surface area contributed by atoms with E-state index < -0.39 is 17.4 Å². The molecule has 1 N–H and O–H groups in total. The molecule has 0 spiro atoms. The second-order valence-corrected chi connectivity index (χ2v) is 8.08. The fourth-order valence-electron chi connectivity index (χ4n) is 3.25. The molecule has 3 rings (SSSR count). The number of nitrogens with zero attached hydrogens (tertiary/aromatic N) is 2. The van der Waals surface area contributed by atoms with Gasteiger partial charge in [-0.1, -0.05) is 60.5 Å². The van der Waals surface area contributed by atoms with Crippen LogP contribution in [0.4, 0.5) is 5.69 Å². The van der Waals surface area contributed by atoms with Crippen LogP contribution in [-0.2, 0) is 11.3 Å². The number of anilines is 1. The molecule has 2 aromatic carbocycles. The Hall–Kier alpha value is -3.09. The van der Waals surface area contributed by atoms with E-state index in [1.165, 1.54) is 21.6 Å². The summed E-state index contributed by atoms with van der Waals surface area (Å²) in [5.41, 5.74) is 0.923. The van der Waals surface area contributed by atoms with Gasteiger partial charge in [-0.25, -0.2) is 0 Å². The van der Waals surface area contributed by atoms with E-state index in [4.69, 9.17) is 23.2 Å². The van der Waals surface area contributed by atoms with Crippen LogP contribution in [0.5, 0.6) is 0 Å². The lowest BCUT2D eigenvalue weighted by Gasteiger charge is -2.22. The maximum Gasteiger partial charge on any atom is 0.263 e. The van der Waals surface area contributed by atoms with E-state index in [0.717, 1.165) is 5.56 Å². The van der Waals surface area contributed by atoms with Crippen LogP contribution >= 0.6 is 23.2 Å². The first-order chi connectivity index (χ1) is 15.4. The van der Waals surface area contributed by atoms with Gasteiger partial charge in [0, 0.05) is 17.8 Å². The number of aromatic nitrogens is 1. The molecular weight excluding hydrogens is 449 g/mol. The van der Waals surface area contributed by atoms with Crippen molar-refractivity contribution >= 4 is 40.7 Å². The van der Waals surface area contributed by atoms with E-state index in [1.54, 1.807) is 24.4 Å². The molecule has 3 aromatic rings. The number of halogens is 2. The molecule has 0 bridgehead atoms. The largest absolute Gasteiger partial charge is 0.329 e. The predicted octanol–water partition coefficient (Wildman–Crippen LogP) is 4.69. The van der Waals surface area contributed by atoms with E-state index in [0.29, 0.717) is 35.2 Å². The van der Waals surface area contributed by atoms with Crippen molar-refractivity contribution in [3.8, 4) is 0 Å². The Balaban J connectivity index is 1.78. The fourth-order valence-corrected chi connectivity index (χ4v) is 3.59. The van der Waals surface area contributed by atoms with E-state index in [-0.39, 0.29) is 12.1 Å². The molecule has 0 unspecified atom stereocenters. The minimum Gasteiger partial charge on any atom is -0.329 e. The van der Waals surface area contributed by atoms with Crippen LogP contribution < -0.4 is 10.9 Å². The number of benzene rings is 2. The Morgan fingerprint density at radius 1 is 1.03 bits per heavy atom. The Morgan fingerprint density at radius 3 is 2.50 bits per heavy atom. The maximum absolute atomic E-state index is 13.2. The predicted molar refractivity (Wildman–Crippen MR) is 128 cm³/mol. The van der Waals surface area contributed by atoms with Crippen LogP contribution in [0.1, 0.15) is 29.3 Å². The van der Waals surface area contributed by atoms with E-state index in [9.17, 15) is 14.4 Å². The first-order valence-electron chi connectivity index (χ1n) is 10.2. The van der Waals surface area contributed by atoms with Crippen LogP contribution in [0, 0.1) is 0 Å². The second-order valence-electron chi connectivity index (χ2n) is 7.24. The normalized spacial score (nSPS) is 10.6. The Morgan fingerprint density at radius 2 is 1.78 bits per heavy atom. The minimum absolute atomic E-state index is 0.0190. The molecule has 6 nitrogen and oxygen atoms in total. The summed E-state index contributed by atoms with van der Waals surface area (Å²) in [5.74, 6) is -0.928. The van der Waals surface area contributed by atoms with Crippen molar-refractivity contribution in [2.24, 2.45) is 0 Å². The maximum atomic E-state index is 13.2. The van der Waals surface area contributed by atoms with Gasteiger partial charge >= 0.3 is 0 Å². The zero-order valence-electron chi connectivity index (χ0n) is 17.6. The van der Waals surface area contributed by atoms with E-state index >= 15 is 0 Å². The number of hydrogen-bond acceptors (Lipinski definition) is 3. The summed E-state index contributed by atoms with van der Waals surface area (Å²) in [6, 6.07) is 17.4. The zero-order valence-corrected chi connectivity index (χ0v) is 19.1. The minimum atomic E-state index is -0.494. The summed E-state index contributed by atoms with van der Waals surface area (Å²) in [6.45, 7) is 2.35. The Kier molecular flexibility index (Phi) is 8.09. The van der Waals surface area contributed by atoms with Crippen molar-refractivity contribution in [3.05, 3.63) is 98.4 Å². The van der Waals surface area contributed by atoms with Crippen molar-refractivity contribution < 1.29 is 9.59 Å². The van der Waals surface area contributed by atoms with Crippen molar-refractivity contribution in [1.82, 2.24) is 9.47 Å². The van der Waals surface area contributed by atoms with Gasteiger partial charge in [0.1, 0.15) is 12.1 Å². The molecular formula is C24H23Cl2N3O3. The first kappa shape index (κ1) is 23.6. The first-order valence-corrected chi connectivity index (χ1v) is 10.9. The van der Waals surface area contributed by atoms with Gasteiger partial charge in [0.25, 0.3) is 11.5 Å². The average Bonchev–Trinajstić information content (AvgIpc) is 2.78. The second kappa shape index (κ2) is 11.0. The molecule has 0 saturated heterocycles. The summed E-state index contributed by atoms with van der Waals surface area (Å²) < 4.78 is 1.48. The number of hydrogen-bond donors (Lipinski definition) is 1. The SMILES string of the molecule is CCCN(CC(=O)Nc1cc(Cl)ccc1Cl)C(=O)c1cccn(Cc2ccccc2)c1=O. The highest BCUT2D eigenvalue weighted by molar-refractivity contribution is 6.35. The lowest BCUT2D eigenvalue weighted by Crippen LogP contribution is -2.41. The molecule has 166 valence electrons. The topological polar surface area (TPSA) is 71.4 Å². The molecule has 32 heavy (non-hydrogen) atoms. The van der Waals surface area contributed by atoms with Gasteiger partial charge in [-0.2, -0.15) is 0 Å². The third-order valence-corrected chi connectivity index (χ3v) is 5.33. The Bertz CT molecular complexity index is 1160. The highest BCUT2D eigenvalue weighted by Crippen LogP contribution is 2.25. The van der Waals surface area contributed by atoms with Gasteiger partial charge in [0.15, 0.2) is 0 Å². The molecule has 0 fully saturated rings. The van der Waals surface area contributed by atoms with Gasteiger partial charge in [-0.3, -0.25) is 14.4 Å². The highest BCUT2D eigenvalue weighted by atomic mass is 35.5. The smallest absolute Gasteiger partial charge is 0.263 e. The molecule has 1 heterocycles.